The average Bonchev–Trinajstić information content (AvgIpc) is 4.29. The van der Waals surface area contributed by atoms with Crippen molar-refractivity contribution in [2.24, 2.45) is 5.11 Å². The van der Waals surface area contributed by atoms with E-state index in [1.54, 1.807) is 73.6 Å². The van der Waals surface area contributed by atoms with E-state index < -0.39 is 0 Å². The van der Waals surface area contributed by atoms with Crippen LogP contribution in [0.4, 0.5) is 13.2 Å². The van der Waals surface area contributed by atoms with Gasteiger partial charge in [0.25, 0.3) is 0 Å². The minimum Gasteiger partial charge on any atom is -0.373 e. The molecule has 20 heteroatoms. The Hall–Kier alpha value is -7.38. The smallest absolute Gasteiger partial charge is 0.373 e. The molecule has 0 saturated heterocycles. The van der Waals surface area contributed by atoms with Crippen molar-refractivity contribution in [3.05, 3.63) is 214 Å². The molecule has 0 bridgehead atoms. The number of halogens is 4. The number of benzene rings is 3. The van der Waals surface area contributed by atoms with Crippen LogP contribution < -0.4 is 29.6 Å². The van der Waals surface area contributed by atoms with E-state index in [-0.39, 0.29) is 53.1 Å². The maximum absolute atomic E-state index is 13.3. The van der Waals surface area contributed by atoms with Crippen LogP contribution in [-0.2, 0) is 19.3 Å². The average molecular weight is 1110 g/mol. The number of pyridine rings is 3. The molecular formula is C54H44F3IN15Na. The van der Waals surface area contributed by atoms with Crippen molar-refractivity contribution < 1.29 is 42.7 Å². The topological polar surface area (TPSA) is 200 Å². The van der Waals surface area contributed by atoms with Gasteiger partial charge in [-0.05, 0) is 134 Å². The summed E-state index contributed by atoms with van der Waals surface area (Å²) in [6, 6.07) is 31.8. The Bertz CT molecular complexity index is 3450. The number of hydrogen-bond acceptors (Lipinski definition) is 7. The third-order valence-electron chi connectivity index (χ3n) is 12.7. The van der Waals surface area contributed by atoms with Crippen LogP contribution in [0.5, 0.6) is 0 Å². The molecule has 0 spiro atoms. The number of hydrogen-bond donors (Lipinski definition) is 0. The maximum atomic E-state index is 13.3. The van der Waals surface area contributed by atoms with Crippen LogP contribution in [-0.4, -0.2) is 54.6 Å². The van der Waals surface area contributed by atoms with Crippen LogP contribution in [0.2, 0.25) is 0 Å². The molecule has 3 aliphatic heterocycles. The van der Waals surface area contributed by atoms with E-state index in [0.29, 0.717) is 12.6 Å². The van der Waals surface area contributed by atoms with E-state index >= 15 is 0 Å². The van der Waals surface area contributed by atoms with Gasteiger partial charge in [-0.25, -0.2) is 28.1 Å². The molecule has 0 amide bonds. The van der Waals surface area contributed by atoms with Crippen LogP contribution in [0.25, 0.3) is 99.7 Å². The van der Waals surface area contributed by atoms with Gasteiger partial charge in [0.1, 0.15) is 34.9 Å². The van der Waals surface area contributed by atoms with Gasteiger partial charge in [-0.1, -0.05) is 34.3 Å². The molecule has 12 rings (SSSR count). The second-order valence-corrected chi connectivity index (χ2v) is 18.0. The van der Waals surface area contributed by atoms with Crippen molar-refractivity contribution in [2.75, 3.05) is 11.0 Å². The van der Waals surface area contributed by atoms with Gasteiger partial charge in [0, 0.05) is 123 Å². The Kier molecular flexibility index (Phi) is 17.6. The summed E-state index contributed by atoms with van der Waals surface area (Å²) < 4.78 is 47.5. The molecule has 0 aliphatic carbocycles. The first-order chi connectivity index (χ1) is 35.7. The number of allylic oxidation sites excluding steroid dienone is 1. The monoisotopic (exact) mass is 1110 g/mol. The largest absolute Gasteiger partial charge is 1.00 e. The zero-order valence-electron chi connectivity index (χ0n) is 40.1. The molecule has 15 nitrogen and oxygen atoms in total. The third kappa shape index (κ3) is 11.4. The Balaban J connectivity index is 0.000000143. The van der Waals surface area contributed by atoms with Gasteiger partial charge < -0.3 is 24.8 Å². The molecule has 6 aromatic heterocycles. The molecule has 9 aromatic rings. The first-order valence-electron chi connectivity index (χ1n) is 23.3. The quantitative estimate of drug-likeness (QED) is 0.0344. The number of imidazole rings is 3. The van der Waals surface area contributed by atoms with Gasteiger partial charge in [0.2, 0.25) is 0 Å². The summed E-state index contributed by atoms with van der Waals surface area (Å²) in [7, 11) is 0. The number of fused-ring (bicyclic) bond motifs is 3. The van der Waals surface area contributed by atoms with Crippen LogP contribution in [0.1, 0.15) is 48.8 Å². The van der Waals surface area contributed by atoms with Crippen LogP contribution >= 0.6 is 22.6 Å². The Morgan fingerprint density at radius 3 is 1.28 bits per heavy atom. The summed E-state index contributed by atoms with van der Waals surface area (Å²) in [4.78, 5) is 31.1. The zero-order chi connectivity index (χ0) is 50.8. The molecule has 364 valence electrons. The van der Waals surface area contributed by atoms with E-state index in [1.807, 2.05) is 36.4 Å². The van der Waals surface area contributed by atoms with Crippen LogP contribution in [0.15, 0.2) is 158 Å². The molecule has 0 N–H and O–H groups in total. The molecule has 0 fully saturated rings. The van der Waals surface area contributed by atoms with Crippen molar-refractivity contribution in [2.45, 2.75) is 50.6 Å². The minimum atomic E-state index is -0.276. The van der Waals surface area contributed by atoms with Crippen LogP contribution in [0, 0.1) is 17.5 Å². The minimum absolute atomic E-state index is 0. The second kappa shape index (κ2) is 24.6. The second-order valence-electron chi connectivity index (χ2n) is 17.1. The van der Waals surface area contributed by atoms with E-state index in [4.69, 9.17) is 31.5 Å². The third-order valence-corrected chi connectivity index (χ3v) is 13.8. The summed E-state index contributed by atoms with van der Waals surface area (Å²) in [6.07, 6.45) is 16.3. The normalized spacial score (nSPS) is 14.5. The number of aromatic nitrogens is 9. The Morgan fingerprint density at radius 2 is 0.878 bits per heavy atom. The number of rotatable bonds is 9. The number of azide groups is 1. The maximum Gasteiger partial charge on any atom is 1.00 e. The summed E-state index contributed by atoms with van der Waals surface area (Å²) in [6.45, 7) is 4.54. The van der Waals surface area contributed by atoms with Crippen LogP contribution in [0.3, 0.4) is 0 Å². The van der Waals surface area contributed by atoms with Crippen molar-refractivity contribution >= 4 is 28.3 Å². The SMILES string of the molecule is C=C1CCc2nc(-c3ccc(F)cc3)c(-c3ccncc3)n21.Fc1ccc(-c2nc3n(c2-c2ccncc2)[C@H](CI)CC3)cc1.[N-]=[N+]=NC[C@@H]1CCc2nc(-c3ccc(F)cc3)c(-c3ccncc3)n21.[N-]=[N+]=[N-].[Na+]. The van der Waals surface area contributed by atoms with Crippen molar-refractivity contribution in [1.82, 2.24) is 43.6 Å². The van der Waals surface area contributed by atoms with E-state index in [9.17, 15) is 13.2 Å². The van der Waals surface area contributed by atoms with Gasteiger partial charge in [0.15, 0.2) is 0 Å². The molecule has 0 unspecified atom stereocenters. The summed E-state index contributed by atoms with van der Waals surface area (Å²) in [5.41, 5.74) is 34.7. The first kappa shape index (κ1) is 52.9. The fourth-order valence-electron chi connectivity index (χ4n) is 9.51. The van der Waals surface area contributed by atoms with E-state index in [1.165, 1.54) is 41.3 Å². The van der Waals surface area contributed by atoms with Gasteiger partial charge in [-0.3, -0.25) is 19.9 Å². The Labute approximate surface area is 459 Å². The standard InChI is InChI=1S/C18H15FIN3.C18H15FN6.C18H14FN3.N3.Na/c19-14-3-1-12(2-4-14)17-18(13-7-9-21-10-8-13)23-15(11-20)5-6-16(23)22-17;19-14-3-1-12(2-4-14)17-18(13-7-9-21-10-8-13)25-15(11-22-24-20)5-6-16(25)23-17;1-12-2-7-16-21-17(13-3-5-15(19)6-4-13)18(22(12)16)14-8-10-20-11-9-14;1-3-2;/h1-4,7-10,15H,5-6,11H2;1-4,7-10,15H,5-6,11H2;3-6,8-11H,1-2,7H2;;/q;;;-1;+1/t2*15-;;;/m00.../s1. The number of alkyl halides is 1. The first-order valence-corrected chi connectivity index (χ1v) is 24.8. The van der Waals surface area contributed by atoms with E-state index in [2.05, 4.69) is 67.8 Å². The summed E-state index contributed by atoms with van der Waals surface area (Å²) in [5.74, 6) is 2.35. The Morgan fingerprint density at radius 1 is 0.514 bits per heavy atom. The van der Waals surface area contributed by atoms with Gasteiger partial charge in [-0.15, -0.1) is 0 Å². The van der Waals surface area contributed by atoms with Crippen molar-refractivity contribution in [1.29, 1.82) is 0 Å². The molecular weight excluding hydrogens is 1070 g/mol. The number of aryl methyl sites for hydroxylation is 3. The fraction of sp³-hybridized carbons (Fsp3) is 0.185. The molecule has 2 atom stereocenters. The zero-order valence-corrected chi connectivity index (χ0v) is 44.3. The molecule has 3 aliphatic rings. The van der Waals surface area contributed by atoms with Gasteiger partial charge in [-0.2, -0.15) is 0 Å². The fourth-order valence-corrected chi connectivity index (χ4v) is 10.3. The predicted octanol–water partition coefficient (Wildman–Crippen LogP) is 11.3. The van der Waals surface area contributed by atoms with Crippen molar-refractivity contribution in [3.8, 4) is 67.5 Å². The molecule has 0 saturated carbocycles. The van der Waals surface area contributed by atoms with Gasteiger partial charge >= 0.3 is 29.6 Å². The summed E-state index contributed by atoms with van der Waals surface area (Å²) >= 11 is 2.44. The molecule has 0 radical (unpaired) electrons. The molecule has 9 heterocycles. The predicted molar refractivity (Wildman–Crippen MR) is 284 cm³/mol. The van der Waals surface area contributed by atoms with E-state index in [0.717, 1.165) is 134 Å². The van der Waals surface area contributed by atoms with Gasteiger partial charge in [0.05, 0.1) is 34.2 Å². The summed E-state index contributed by atoms with van der Waals surface area (Å²) in [5, 5.41) is 3.75. The van der Waals surface area contributed by atoms with Crippen molar-refractivity contribution in [3.63, 3.8) is 0 Å². The molecule has 74 heavy (non-hydrogen) atoms. The number of nitrogens with zero attached hydrogens (tertiary/aromatic N) is 15. The molecule has 3 aromatic carbocycles.